The predicted molar refractivity (Wildman–Crippen MR) is 82.5 cm³/mol. The topological polar surface area (TPSA) is 41.1 Å². The second-order valence-electron chi connectivity index (χ2n) is 6.74. The van der Waals surface area contributed by atoms with Crippen LogP contribution < -0.4 is 10.6 Å². The van der Waals surface area contributed by atoms with Crippen LogP contribution in [0.4, 0.5) is 4.39 Å². The summed E-state index contributed by atoms with van der Waals surface area (Å²) in [6, 6.07) is 3.43. The predicted octanol–water partition coefficient (Wildman–Crippen LogP) is 2.84. The molecule has 0 aliphatic carbocycles. The highest BCUT2D eigenvalue weighted by Crippen LogP contribution is 2.30. The van der Waals surface area contributed by atoms with Crippen LogP contribution in [0.2, 0.25) is 0 Å². The zero-order chi connectivity index (χ0) is 15.6. The second kappa shape index (κ2) is 6.14. The Morgan fingerprint density at radius 2 is 2.00 bits per heavy atom. The van der Waals surface area contributed by atoms with E-state index in [1.54, 1.807) is 26.0 Å². The SMILES string of the molecule is Cc1cc(CNC(=O)C2NCCCC2(C)C)cc(C)c1F. The number of carbonyl (C=O) groups is 1. The van der Waals surface area contributed by atoms with Crippen LogP contribution in [0.1, 0.15) is 43.4 Å². The van der Waals surface area contributed by atoms with Gasteiger partial charge in [0.15, 0.2) is 0 Å². The molecule has 116 valence electrons. The molecule has 3 nitrogen and oxygen atoms in total. The lowest BCUT2D eigenvalue weighted by molar-refractivity contribution is -0.126. The molecule has 1 aliphatic rings. The minimum atomic E-state index is -0.167. The van der Waals surface area contributed by atoms with Crippen LogP contribution in [0.3, 0.4) is 0 Å². The van der Waals surface area contributed by atoms with Crippen LogP contribution >= 0.6 is 0 Å². The number of hydrogen-bond acceptors (Lipinski definition) is 2. The Bertz CT molecular complexity index is 517. The molecule has 1 aliphatic heterocycles. The normalized spacial score (nSPS) is 21.1. The molecule has 1 aromatic rings. The van der Waals surface area contributed by atoms with Crippen LogP contribution in [-0.2, 0) is 11.3 Å². The summed E-state index contributed by atoms with van der Waals surface area (Å²) in [6.07, 6.45) is 2.15. The zero-order valence-electron chi connectivity index (χ0n) is 13.3. The summed E-state index contributed by atoms with van der Waals surface area (Å²) in [4.78, 5) is 12.4. The number of aryl methyl sites for hydroxylation is 2. The summed E-state index contributed by atoms with van der Waals surface area (Å²) in [7, 11) is 0. The molecular weight excluding hydrogens is 267 g/mol. The number of benzene rings is 1. The van der Waals surface area contributed by atoms with Gasteiger partial charge in [-0.1, -0.05) is 26.0 Å². The van der Waals surface area contributed by atoms with Crippen molar-refractivity contribution in [1.82, 2.24) is 10.6 Å². The van der Waals surface area contributed by atoms with Crippen LogP contribution in [0.5, 0.6) is 0 Å². The fourth-order valence-electron chi connectivity index (χ4n) is 3.09. The Morgan fingerprint density at radius 1 is 1.38 bits per heavy atom. The van der Waals surface area contributed by atoms with Gasteiger partial charge >= 0.3 is 0 Å². The lowest BCUT2D eigenvalue weighted by Crippen LogP contribution is -2.55. The van der Waals surface area contributed by atoms with E-state index in [-0.39, 0.29) is 23.2 Å². The Kier molecular flexibility index (Phi) is 4.67. The molecule has 4 heteroatoms. The summed E-state index contributed by atoms with van der Waals surface area (Å²) in [6.45, 7) is 9.06. The molecule has 1 unspecified atom stereocenters. The van der Waals surface area contributed by atoms with Gasteiger partial charge < -0.3 is 10.6 Å². The van der Waals surface area contributed by atoms with Crippen molar-refractivity contribution in [3.63, 3.8) is 0 Å². The number of hydrogen-bond donors (Lipinski definition) is 2. The van der Waals surface area contributed by atoms with Gasteiger partial charge in [-0.2, -0.15) is 0 Å². The van der Waals surface area contributed by atoms with Gasteiger partial charge in [-0.3, -0.25) is 4.79 Å². The molecule has 1 heterocycles. The van der Waals surface area contributed by atoms with Crippen molar-refractivity contribution < 1.29 is 9.18 Å². The van der Waals surface area contributed by atoms with Gasteiger partial charge in [-0.05, 0) is 55.3 Å². The van der Waals surface area contributed by atoms with E-state index in [4.69, 9.17) is 0 Å². The van der Waals surface area contributed by atoms with Crippen LogP contribution in [-0.4, -0.2) is 18.5 Å². The molecule has 0 radical (unpaired) electrons. The van der Waals surface area contributed by atoms with Gasteiger partial charge in [0.25, 0.3) is 0 Å². The Morgan fingerprint density at radius 3 is 2.57 bits per heavy atom. The highest BCUT2D eigenvalue weighted by Gasteiger charge is 2.36. The summed E-state index contributed by atoms with van der Waals surface area (Å²) in [5.74, 6) is -0.139. The average molecular weight is 292 g/mol. The number of carbonyl (C=O) groups excluding carboxylic acids is 1. The van der Waals surface area contributed by atoms with Gasteiger partial charge in [0.05, 0.1) is 6.04 Å². The summed E-state index contributed by atoms with van der Waals surface area (Å²) in [5.41, 5.74) is 2.15. The number of amides is 1. The maximum Gasteiger partial charge on any atom is 0.237 e. The smallest absolute Gasteiger partial charge is 0.237 e. The monoisotopic (exact) mass is 292 g/mol. The van der Waals surface area contributed by atoms with Gasteiger partial charge in [0, 0.05) is 6.54 Å². The molecule has 1 saturated heterocycles. The Balaban J connectivity index is 2.01. The molecule has 2 N–H and O–H groups in total. The quantitative estimate of drug-likeness (QED) is 0.899. The van der Waals surface area contributed by atoms with Crippen molar-refractivity contribution in [2.24, 2.45) is 5.41 Å². The average Bonchev–Trinajstić information content (AvgIpc) is 2.41. The molecule has 21 heavy (non-hydrogen) atoms. The van der Waals surface area contributed by atoms with E-state index in [0.29, 0.717) is 17.7 Å². The van der Waals surface area contributed by atoms with Crippen molar-refractivity contribution in [3.05, 3.63) is 34.6 Å². The lowest BCUT2D eigenvalue weighted by Gasteiger charge is -2.38. The second-order valence-corrected chi connectivity index (χ2v) is 6.74. The van der Waals surface area contributed by atoms with Crippen molar-refractivity contribution in [2.45, 2.75) is 53.1 Å². The molecule has 2 rings (SSSR count). The molecule has 0 aromatic heterocycles. The summed E-state index contributed by atoms with van der Waals surface area (Å²) >= 11 is 0. The number of rotatable bonds is 3. The Labute approximate surface area is 126 Å². The number of halogens is 1. The van der Waals surface area contributed by atoms with Gasteiger partial charge in [0.2, 0.25) is 5.91 Å². The van der Waals surface area contributed by atoms with E-state index in [9.17, 15) is 9.18 Å². The van der Waals surface area contributed by atoms with Crippen LogP contribution in [0.15, 0.2) is 12.1 Å². The summed E-state index contributed by atoms with van der Waals surface area (Å²) < 4.78 is 13.6. The maximum atomic E-state index is 13.6. The van der Waals surface area contributed by atoms with Gasteiger partial charge in [0.1, 0.15) is 5.82 Å². The number of nitrogens with one attached hydrogen (secondary N) is 2. The first-order valence-corrected chi connectivity index (χ1v) is 7.58. The first kappa shape index (κ1) is 16.0. The first-order valence-electron chi connectivity index (χ1n) is 7.58. The molecular formula is C17H25FN2O. The third kappa shape index (κ3) is 3.62. The highest BCUT2D eigenvalue weighted by atomic mass is 19.1. The highest BCUT2D eigenvalue weighted by molar-refractivity contribution is 5.82. The third-order valence-corrected chi connectivity index (χ3v) is 4.35. The third-order valence-electron chi connectivity index (χ3n) is 4.35. The molecule has 0 bridgehead atoms. The standard InChI is InChI=1S/C17H25FN2O/c1-11-8-13(9-12(2)14(11)18)10-20-16(21)15-17(3,4)6-5-7-19-15/h8-9,15,19H,5-7,10H2,1-4H3,(H,20,21). The minimum absolute atomic E-state index is 0.0272. The summed E-state index contributed by atoms with van der Waals surface area (Å²) in [5, 5.41) is 6.28. The zero-order valence-corrected chi connectivity index (χ0v) is 13.3. The van der Waals surface area contributed by atoms with E-state index >= 15 is 0 Å². The van der Waals surface area contributed by atoms with Crippen molar-refractivity contribution >= 4 is 5.91 Å². The minimum Gasteiger partial charge on any atom is -0.351 e. The van der Waals surface area contributed by atoms with E-state index in [0.717, 1.165) is 24.9 Å². The van der Waals surface area contributed by atoms with Crippen molar-refractivity contribution in [2.75, 3.05) is 6.54 Å². The van der Waals surface area contributed by atoms with Crippen molar-refractivity contribution in [1.29, 1.82) is 0 Å². The van der Waals surface area contributed by atoms with E-state index in [1.807, 2.05) is 0 Å². The van der Waals surface area contributed by atoms with Gasteiger partial charge in [-0.25, -0.2) is 4.39 Å². The molecule has 1 fully saturated rings. The maximum absolute atomic E-state index is 13.6. The molecule has 1 atom stereocenters. The molecule has 0 saturated carbocycles. The van der Waals surface area contributed by atoms with Crippen LogP contribution in [0.25, 0.3) is 0 Å². The first-order chi connectivity index (χ1) is 9.81. The largest absolute Gasteiger partial charge is 0.351 e. The fourth-order valence-corrected chi connectivity index (χ4v) is 3.09. The lowest BCUT2D eigenvalue weighted by atomic mass is 9.77. The van der Waals surface area contributed by atoms with Crippen LogP contribution in [0, 0.1) is 25.1 Å². The van der Waals surface area contributed by atoms with Gasteiger partial charge in [-0.15, -0.1) is 0 Å². The van der Waals surface area contributed by atoms with E-state index in [2.05, 4.69) is 24.5 Å². The van der Waals surface area contributed by atoms with Crippen molar-refractivity contribution in [3.8, 4) is 0 Å². The van der Waals surface area contributed by atoms with E-state index in [1.165, 1.54) is 0 Å². The molecule has 0 spiro atoms. The fraction of sp³-hybridized carbons (Fsp3) is 0.588. The Hall–Kier alpha value is -1.42. The number of piperidine rings is 1. The molecule has 1 amide bonds. The van der Waals surface area contributed by atoms with E-state index < -0.39 is 0 Å². The molecule has 1 aromatic carbocycles.